The van der Waals surface area contributed by atoms with Gasteiger partial charge in [0.25, 0.3) is 0 Å². The van der Waals surface area contributed by atoms with Gasteiger partial charge in [0, 0.05) is 10.4 Å². The van der Waals surface area contributed by atoms with E-state index >= 15 is 0 Å². The van der Waals surface area contributed by atoms with E-state index in [2.05, 4.69) is 15.9 Å². The summed E-state index contributed by atoms with van der Waals surface area (Å²) < 4.78 is 5.76. The van der Waals surface area contributed by atoms with Crippen molar-refractivity contribution in [1.82, 2.24) is 0 Å². The lowest BCUT2D eigenvalue weighted by Crippen LogP contribution is -1.91. The van der Waals surface area contributed by atoms with Gasteiger partial charge in [-0.1, -0.05) is 11.6 Å². The molecule has 1 aromatic carbocycles. The molecule has 0 unspecified atom stereocenters. The summed E-state index contributed by atoms with van der Waals surface area (Å²) in [5.74, 6) is -1.19. The van der Waals surface area contributed by atoms with Crippen LogP contribution >= 0.6 is 27.5 Å². The molecule has 0 aliphatic rings. The van der Waals surface area contributed by atoms with E-state index in [4.69, 9.17) is 21.1 Å². The van der Waals surface area contributed by atoms with Crippen molar-refractivity contribution < 1.29 is 14.3 Å². The van der Waals surface area contributed by atoms with Crippen LogP contribution in [0.4, 0.5) is 0 Å². The standard InChI is InChI=1S/C9H4BrClO3/c10-6-3-5(11)1-4-2-7(9(12)13)14-8(4)6/h1-3H,(H,12,13). The highest BCUT2D eigenvalue weighted by atomic mass is 79.9. The van der Waals surface area contributed by atoms with Crippen molar-refractivity contribution in [2.24, 2.45) is 0 Å². The number of carbonyl (C=O) groups is 1. The van der Waals surface area contributed by atoms with E-state index in [0.29, 0.717) is 20.5 Å². The highest BCUT2D eigenvalue weighted by Crippen LogP contribution is 2.30. The topological polar surface area (TPSA) is 50.4 Å². The summed E-state index contributed by atoms with van der Waals surface area (Å²) in [5, 5.41) is 9.90. The number of carboxylic acid groups (broad SMARTS) is 1. The van der Waals surface area contributed by atoms with Crippen molar-refractivity contribution in [3.63, 3.8) is 0 Å². The first-order valence-electron chi connectivity index (χ1n) is 3.70. The van der Waals surface area contributed by atoms with E-state index in [1.54, 1.807) is 12.1 Å². The normalized spacial score (nSPS) is 10.7. The first kappa shape index (κ1) is 9.55. The predicted octanol–water partition coefficient (Wildman–Crippen LogP) is 3.55. The Kier molecular flexibility index (Phi) is 2.25. The fraction of sp³-hybridized carbons (Fsp3) is 0. The molecule has 0 saturated heterocycles. The summed E-state index contributed by atoms with van der Waals surface area (Å²) in [6, 6.07) is 4.74. The molecule has 0 fully saturated rings. The summed E-state index contributed by atoms with van der Waals surface area (Å²) in [6.45, 7) is 0. The van der Waals surface area contributed by atoms with Crippen molar-refractivity contribution in [1.29, 1.82) is 0 Å². The minimum absolute atomic E-state index is 0.0945. The van der Waals surface area contributed by atoms with E-state index in [9.17, 15) is 4.79 Å². The number of fused-ring (bicyclic) bond motifs is 1. The molecule has 0 spiro atoms. The van der Waals surface area contributed by atoms with E-state index in [0.717, 1.165) is 0 Å². The van der Waals surface area contributed by atoms with Crippen molar-refractivity contribution in [3.05, 3.63) is 33.5 Å². The molecule has 2 rings (SSSR count). The number of benzene rings is 1. The van der Waals surface area contributed by atoms with Crippen LogP contribution in [-0.2, 0) is 0 Å². The summed E-state index contributed by atoms with van der Waals surface area (Å²) in [7, 11) is 0. The van der Waals surface area contributed by atoms with Crippen molar-refractivity contribution >= 4 is 44.5 Å². The second-order valence-corrected chi connectivity index (χ2v) is 4.01. The number of halogens is 2. The van der Waals surface area contributed by atoms with Crippen LogP contribution < -0.4 is 0 Å². The number of hydrogen-bond acceptors (Lipinski definition) is 2. The van der Waals surface area contributed by atoms with Gasteiger partial charge < -0.3 is 9.52 Å². The summed E-state index contributed by atoms with van der Waals surface area (Å²) >= 11 is 9.03. The molecular formula is C9H4BrClO3. The van der Waals surface area contributed by atoms with Crippen LogP contribution in [-0.4, -0.2) is 11.1 Å². The van der Waals surface area contributed by atoms with E-state index in [1.807, 2.05) is 0 Å². The molecule has 0 saturated carbocycles. The average Bonchev–Trinajstić information content (AvgIpc) is 2.47. The highest BCUT2D eigenvalue weighted by molar-refractivity contribution is 9.10. The van der Waals surface area contributed by atoms with Crippen LogP contribution in [0.3, 0.4) is 0 Å². The van der Waals surface area contributed by atoms with Gasteiger partial charge in [0.05, 0.1) is 4.47 Å². The molecule has 1 N–H and O–H groups in total. The maximum absolute atomic E-state index is 10.6. The Bertz CT molecular complexity index is 518. The third-order valence-corrected chi connectivity index (χ3v) is 2.55. The highest BCUT2D eigenvalue weighted by Gasteiger charge is 2.12. The smallest absolute Gasteiger partial charge is 0.371 e. The third kappa shape index (κ3) is 1.51. The third-order valence-electron chi connectivity index (χ3n) is 1.75. The van der Waals surface area contributed by atoms with Gasteiger partial charge in [0.2, 0.25) is 5.76 Å². The van der Waals surface area contributed by atoms with Gasteiger partial charge in [0.1, 0.15) is 5.58 Å². The van der Waals surface area contributed by atoms with E-state index in [1.165, 1.54) is 6.07 Å². The van der Waals surface area contributed by atoms with E-state index < -0.39 is 5.97 Å². The second-order valence-electron chi connectivity index (χ2n) is 2.72. The summed E-state index contributed by atoms with van der Waals surface area (Å²) in [5.41, 5.74) is 0.492. The molecule has 14 heavy (non-hydrogen) atoms. The molecule has 2 aromatic rings. The van der Waals surface area contributed by atoms with Crippen LogP contribution in [0.2, 0.25) is 5.02 Å². The lowest BCUT2D eigenvalue weighted by atomic mass is 10.2. The zero-order valence-electron chi connectivity index (χ0n) is 6.75. The predicted molar refractivity (Wildman–Crippen MR) is 55.9 cm³/mol. The molecule has 5 heteroatoms. The van der Waals surface area contributed by atoms with Gasteiger partial charge >= 0.3 is 5.97 Å². The molecule has 0 aliphatic carbocycles. The molecule has 72 valence electrons. The molecular weight excluding hydrogens is 271 g/mol. The molecule has 1 heterocycles. The Hall–Kier alpha value is -1.00. The van der Waals surface area contributed by atoms with Crippen molar-refractivity contribution in [3.8, 4) is 0 Å². The number of aromatic carboxylic acids is 1. The maximum atomic E-state index is 10.6. The van der Waals surface area contributed by atoms with Crippen molar-refractivity contribution in [2.75, 3.05) is 0 Å². The fourth-order valence-electron chi connectivity index (χ4n) is 1.18. The lowest BCUT2D eigenvalue weighted by molar-refractivity contribution is 0.0665. The first-order valence-corrected chi connectivity index (χ1v) is 4.87. The Balaban J connectivity index is 2.76. The lowest BCUT2D eigenvalue weighted by Gasteiger charge is -1.93. The largest absolute Gasteiger partial charge is 0.475 e. The van der Waals surface area contributed by atoms with Gasteiger partial charge in [-0.25, -0.2) is 4.79 Å². The molecule has 0 radical (unpaired) electrons. The van der Waals surface area contributed by atoms with Crippen LogP contribution in [0.5, 0.6) is 0 Å². The summed E-state index contributed by atoms with van der Waals surface area (Å²) in [6.07, 6.45) is 0. The molecule has 0 atom stereocenters. The van der Waals surface area contributed by atoms with Gasteiger partial charge in [-0.05, 0) is 34.1 Å². The zero-order valence-corrected chi connectivity index (χ0v) is 9.09. The average molecular weight is 275 g/mol. The van der Waals surface area contributed by atoms with Gasteiger partial charge in [-0.15, -0.1) is 0 Å². The first-order chi connectivity index (χ1) is 6.58. The number of hydrogen-bond donors (Lipinski definition) is 1. The van der Waals surface area contributed by atoms with Gasteiger partial charge in [-0.2, -0.15) is 0 Å². The number of furan rings is 1. The minimum Gasteiger partial charge on any atom is -0.475 e. The van der Waals surface area contributed by atoms with Crippen LogP contribution in [0, 0.1) is 0 Å². The molecule has 0 amide bonds. The number of carboxylic acids is 1. The summed E-state index contributed by atoms with van der Waals surface area (Å²) in [4.78, 5) is 10.6. The SMILES string of the molecule is O=C(O)c1cc2cc(Cl)cc(Br)c2o1. The van der Waals surface area contributed by atoms with Gasteiger partial charge in [0.15, 0.2) is 0 Å². The minimum atomic E-state index is -1.09. The number of rotatable bonds is 1. The Labute approximate surface area is 92.4 Å². The monoisotopic (exact) mass is 274 g/mol. The quantitative estimate of drug-likeness (QED) is 0.866. The second kappa shape index (κ2) is 3.29. The van der Waals surface area contributed by atoms with Crippen molar-refractivity contribution in [2.45, 2.75) is 0 Å². The van der Waals surface area contributed by atoms with E-state index in [-0.39, 0.29) is 5.76 Å². The fourth-order valence-corrected chi connectivity index (χ4v) is 2.10. The molecule has 0 aliphatic heterocycles. The van der Waals surface area contributed by atoms with Gasteiger partial charge in [-0.3, -0.25) is 0 Å². The Morgan fingerprint density at radius 3 is 2.79 bits per heavy atom. The molecule has 1 aromatic heterocycles. The zero-order chi connectivity index (χ0) is 10.3. The Morgan fingerprint density at radius 2 is 2.14 bits per heavy atom. The Morgan fingerprint density at radius 1 is 1.43 bits per heavy atom. The molecule has 3 nitrogen and oxygen atoms in total. The van der Waals surface area contributed by atoms with Crippen LogP contribution in [0.25, 0.3) is 11.0 Å². The van der Waals surface area contributed by atoms with Crippen LogP contribution in [0.1, 0.15) is 10.6 Å². The molecule has 0 bridgehead atoms. The maximum Gasteiger partial charge on any atom is 0.371 e. The van der Waals surface area contributed by atoms with Crippen LogP contribution in [0.15, 0.2) is 27.1 Å².